The van der Waals surface area contributed by atoms with Gasteiger partial charge in [-0.1, -0.05) is 32.4 Å². The van der Waals surface area contributed by atoms with Crippen LogP contribution in [0, 0.1) is 5.92 Å². The normalized spacial score (nSPS) is 19.4. The number of aliphatic hydroxyl groups excluding tert-OH is 2. The molecule has 0 rings (SSSR count). The summed E-state index contributed by atoms with van der Waals surface area (Å²) in [7, 11) is 0. The van der Waals surface area contributed by atoms with Gasteiger partial charge in [0.05, 0.1) is 12.2 Å². The molecule has 0 fully saturated rings. The van der Waals surface area contributed by atoms with E-state index in [1.165, 1.54) is 0 Å². The fourth-order valence-corrected chi connectivity index (χ4v) is 0.778. The van der Waals surface area contributed by atoms with Crippen LogP contribution in [0.5, 0.6) is 0 Å². The maximum Gasteiger partial charge on any atom is 0.0977 e. The van der Waals surface area contributed by atoms with Gasteiger partial charge in [0.25, 0.3) is 0 Å². The summed E-state index contributed by atoms with van der Waals surface area (Å²) in [6.45, 7) is 5.89. The lowest BCUT2D eigenvalue weighted by molar-refractivity contribution is 0.0617. The largest absolute Gasteiger partial charge is 0.390 e. The topological polar surface area (TPSA) is 40.5 Å². The van der Waals surface area contributed by atoms with E-state index in [2.05, 4.69) is 13.8 Å². The highest BCUT2D eigenvalue weighted by atomic mass is 16.3. The van der Waals surface area contributed by atoms with Crippen LogP contribution in [0.15, 0.2) is 12.2 Å². The van der Waals surface area contributed by atoms with Crippen molar-refractivity contribution in [1.29, 1.82) is 0 Å². The average Bonchev–Trinajstić information content (AvgIpc) is 2.03. The molecular weight excluding hydrogens is 152 g/mol. The third-order valence-electron chi connectivity index (χ3n) is 2.06. The molecule has 0 saturated carbocycles. The zero-order valence-corrected chi connectivity index (χ0v) is 8.20. The van der Waals surface area contributed by atoms with Crippen LogP contribution >= 0.6 is 0 Å². The predicted octanol–water partition coefficient (Wildman–Crippen LogP) is 1.72. The Morgan fingerprint density at radius 3 is 2.25 bits per heavy atom. The summed E-state index contributed by atoms with van der Waals surface area (Å²) in [5, 5.41) is 18.1. The molecule has 0 bridgehead atoms. The average molecular weight is 172 g/mol. The second kappa shape index (κ2) is 6.21. The molecule has 2 nitrogen and oxygen atoms in total. The highest BCUT2D eigenvalue weighted by molar-refractivity contribution is 4.91. The maximum absolute atomic E-state index is 9.18. The van der Waals surface area contributed by atoms with E-state index in [9.17, 15) is 5.11 Å². The molecular formula is C10H20O2. The lowest BCUT2D eigenvalue weighted by Gasteiger charge is -2.08. The molecule has 0 heterocycles. The second-order valence-corrected chi connectivity index (χ2v) is 3.41. The van der Waals surface area contributed by atoms with E-state index in [1.807, 2.05) is 6.08 Å². The summed E-state index contributed by atoms with van der Waals surface area (Å²) >= 11 is 0. The van der Waals surface area contributed by atoms with Crippen molar-refractivity contribution in [3.8, 4) is 0 Å². The summed E-state index contributed by atoms with van der Waals surface area (Å²) in [6, 6.07) is 0. The number of aliphatic hydroxyl groups is 2. The molecule has 0 aromatic heterocycles. The summed E-state index contributed by atoms with van der Waals surface area (Å²) in [5.74, 6) is 0.655. The summed E-state index contributed by atoms with van der Waals surface area (Å²) in [4.78, 5) is 0. The van der Waals surface area contributed by atoms with Crippen molar-refractivity contribution in [2.24, 2.45) is 5.92 Å². The van der Waals surface area contributed by atoms with Crippen molar-refractivity contribution < 1.29 is 10.2 Å². The van der Waals surface area contributed by atoms with Crippen LogP contribution in [0.4, 0.5) is 0 Å². The van der Waals surface area contributed by atoms with E-state index in [0.29, 0.717) is 5.92 Å². The molecule has 0 amide bonds. The first-order valence-corrected chi connectivity index (χ1v) is 4.60. The first-order chi connectivity index (χ1) is 5.57. The summed E-state index contributed by atoms with van der Waals surface area (Å²) in [6.07, 6.45) is 4.34. The van der Waals surface area contributed by atoms with Gasteiger partial charge in [0, 0.05) is 0 Å². The van der Waals surface area contributed by atoms with Gasteiger partial charge in [-0.15, -0.1) is 0 Å². The molecule has 0 aromatic carbocycles. The lowest BCUT2D eigenvalue weighted by atomic mass is 10.0. The zero-order valence-electron chi connectivity index (χ0n) is 8.20. The van der Waals surface area contributed by atoms with Gasteiger partial charge in [-0.25, -0.2) is 0 Å². The van der Waals surface area contributed by atoms with Crippen molar-refractivity contribution in [2.45, 2.75) is 45.8 Å². The Hall–Kier alpha value is -0.340. The van der Waals surface area contributed by atoms with E-state index in [-0.39, 0.29) is 0 Å². The van der Waals surface area contributed by atoms with E-state index in [4.69, 9.17) is 5.11 Å². The highest BCUT2D eigenvalue weighted by Gasteiger charge is 2.05. The molecule has 0 aliphatic carbocycles. The fraction of sp³-hybridized carbons (Fsp3) is 0.800. The van der Waals surface area contributed by atoms with Gasteiger partial charge < -0.3 is 10.2 Å². The van der Waals surface area contributed by atoms with Gasteiger partial charge in [-0.05, 0) is 19.3 Å². The van der Waals surface area contributed by atoms with Gasteiger partial charge in [0.1, 0.15) is 0 Å². The third kappa shape index (κ3) is 5.33. The van der Waals surface area contributed by atoms with Crippen molar-refractivity contribution in [3.63, 3.8) is 0 Å². The van der Waals surface area contributed by atoms with Crippen molar-refractivity contribution in [3.05, 3.63) is 12.2 Å². The first-order valence-electron chi connectivity index (χ1n) is 4.60. The van der Waals surface area contributed by atoms with Crippen molar-refractivity contribution >= 4 is 0 Å². The quantitative estimate of drug-likeness (QED) is 0.620. The second-order valence-electron chi connectivity index (χ2n) is 3.41. The lowest BCUT2D eigenvalue weighted by Crippen LogP contribution is -2.19. The van der Waals surface area contributed by atoms with Gasteiger partial charge in [0.2, 0.25) is 0 Å². The molecule has 2 N–H and O–H groups in total. The fourth-order valence-electron chi connectivity index (χ4n) is 0.778. The highest BCUT2D eigenvalue weighted by Crippen LogP contribution is 2.07. The molecule has 3 unspecified atom stereocenters. The minimum absolute atomic E-state index is 0.655. The Morgan fingerprint density at radius 1 is 1.25 bits per heavy atom. The van der Waals surface area contributed by atoms with Crippen molar-refractivity contribution in [1.82, 2.24) is 0 Å². The van der Waals surface area contributed by atoms with Crippen molar-refractivity contribution in [2.75, 3.05) is 0 Å². The first kappa shape index (κ1) is 11.7. The molecule has 2 heteroatoms. The third-order valence-corrected chi connectivity index (χ3v) is 2.06. The van der Waals surface area contributed by atoms with Crippen LogP contribution in [0.1, 0.15) is 33.6 Å². The van der Waals surface area contributed by atoms with Crippen LogP contribution < -0.4 is 0 Å². The number of allylic oxidation sites excluding steroid dienone is 1. The molecule has 0 aromatic rings. The van der Waals surface area contributed by atoms with E-state index in [1.54, 1.807) is 13.0 Å². The Kier molecular flexibility index (Phi) is 6.03. The SMILES string of the molecule is CCC(C)C/C=C/C(O)C(C)O. The van der Waals surface area contributed by atoms with E-state index < -0.39 is 12.2 Å². The number of hydrogen-bond donors (Lipinski definition) is 2. The molecule has 0 aliphatic rings. The zero-order chi connectivity index (χ0) is 9.56. The molecule has 0 aliphatic heterocycles. The molecule has 72 valence electrons. The van der Waals surface area contributed by atoms with Gasteiger partial charge in [0.15, 0.2) is 0 Å². The molecule has 3 atom stereocenters. The Morgan fingerprint density at radius 2 is 1.83 bits per heavy atom. The van der Waals surface area contributed by atoms with Crippen LogP contribution in [-0.2, 0) is 0 Å². The summed E-state index contributed by atoms with van der Waals surface area (Å²) < 4.78 is 0. The molecule has 0 saturated heterocycles. The van der Waals surface area contributed by atoms with Crippen LogP contribution in [-0.4, -0.2) is 22.4 Å². The van der Waals surface area contributed by atoms with Crippen LogP contribution in [0.2, 0.25) is 0 Å². The maximum atomic E-state index is 9.18. The minimum atomic E-state index is -0.714. The van der Waals surface area contributed by atoms with Gasteiger partial charge in [-0.2, -0.15) is 0 Å². The summed E-state index contributed by atoms with van der Waals surface area (Å²) in [5.41, 5.74) is 0. The van der Waals surface area contributed by atoms with E-state index >= 15 is 0 Å². The molecule has 12 heavy (non-hydrogen) atoms. The number of rotatable bonds is 5. The minimum Gasteiger partial charge on any atom is -0.390 e. The smallest absolute Gasteiger partial charge is 0.0977 e. The number of hydrogen-bond acceptors (Lipinski definition) is 2. The van der Waals surface area contributed by atoms with Crippen LogP contribution in [0.25, 0.3) is 0 Å². The molecule has 0 radical (unpaired) electrons. The Labute approximate surface area is 74.9 Å². The monoisotopic (exact) mass is 172 g/mol. The Bertz CT molecular complexity index is 130. The van der Waals surface area contributed by atoms with E-state index in [0.717, 1.165) is 12.8 Å². The predicted molar refractivity (Wildman–Crippen MR) is 50.9 cm³/mol. The van der Waals surface area contributed by atoms with Gasteiger partial charge in [-0.3, -0.25) is 0 Å². The van der Waals surface area contributed by atoms with Crippen LogP contribution in [0.3, 0.4) is 0 Å². The molecule has 0 spiro atoms. The Balaban J connectivity index is 3.61. The standard InChI is InChI=1S/C10H20O2/c1-4-8(2)6-5-7-10(12)9(3)11/h5,7-12H,4,6H2,1-3H3/b7-5+. The van der Waals surface area contributed by atoms with Gasteiger partial charge >= 0.3 is 0 Å².